The molecule has 2 N–H and O–H groups in total. The molecule has 0 fully saturated rings. The molecule has 0 saturated heterocycles. The highest BCUT2D eigenvalue weighted by molar-refractivity contribution is 5.94. The summed E-state index contributed by atoms with van der Waals surface area (Å²) in [4.78, 5) is 23.1. The summed E-state index contributed by atoms with van der Waals surface area (Å²) < 4.78 is 5.00. The van der Waals surface area contributed by atoms with E-state index in [1.54, 1.807) is 33.1 Å². The molecule has 1 atom stereocenters. The molecule has 0 aliphatic heterocycles. The fourth-order valence-corrected chi connectivity index (χ4v) is 1.65. The summed E-state index contributed by atoms with van der Waals surface area (Å²) in [6.07, 6.45) is 0.454. The van der Waals surface area contributed by atoms with Crippen molar-refractivity contribution in [2.24, 2.45) is 5.41 Å². The van der Waals surface area contributed by atoms with Crippen molar-refractivity contribution in [1.29, 1.82) is 0 Å². The lowest BCUT2D eigenvalue weighted by Crippen LogP contribution is -2.40. The Morgan fingerprint density at radius 2 is 1.90 bits per heavy atom. The lowest BCUT2D eigenvalue weighted by Gasteiger charge is -2.23. The molecule has 1 aromatic carbocycles. The van der Waals surface area contributed by atoms with Crippen LogP contribution in [-0.2, 0) is 16.1 Å². The average Bonchev–Trinajstić information content (AvgIpc) is 2.45. The molecule has 1 unspecified atom stereocenters. The molecule has 0 heterocycles. The Morgan fingerprint density at radius 1 is 1.30 bits per heavy atom. The Hall–Kier alpha value is -1.88. The van der Waals surface area contributed by atoms with Crippen molar-refractivity contribution < 1.29 is 19.4 Å². The SMILES string of the molecule is CCC(C)(CNC(=O)c1ccc(COC)cc1)C(=O)O. The molecule has 0 aliphatic rings. The molecular formula is C15H21NO4. The van der Waals surface area contributed by atoms with Crippen LogP contribution in [0.2, 0.25) is 0 Å². The maximum atomic E-state index is 12.0. The van der Waals surface area contributed by atoms with Crippen molar-refractivity contribution >= 4 is 11.9 Å². The topological polar surface area (TPSA) is 75.6 Å². The first-order valence-corrected chi connectivity index (χ1v) is 6.52. The van der Waals surface area contributed by atoms with Crippen LogP contribution in [-0.4, -0.2) is 30.6 Å². The zero-order valence-electron chi connectivity index (χ0n) is 12.1. The Morgan fingerprint density at radius 3 is 2.35 bits per heavy atom. The fourth-order valence-electron chi connectivity index (χ4n) is 1.65. The van der Waals surface area contributed by atoms with E-state index in [-0.39, 0.29) is 12.5 Å². The van der Waals surface area contributed by atoms with E-state index in [1.807, 2.05) is 12.1 Å². The molecule has 20 heavy (non-hydrogen) atoms. The van der Waals surface area contributed by atoms with Crippen LogP contribution in [0.25, 0.3) is 0 Å². The second kappa shape index (κ2) is 7.05. The Labute approximate surface area is 118 Å². The number of hydrogen-bond acceptors (Lipinski definition) is 3. The van der Waals surface area contributed by atoms with Gasteiger partial charge in [0.1, 0.15) is 0 Å². The number of ether oxygens (including phenoxy) is 1. The second-order valence-corrected chi connectivity index (χ2v) is 5.03. The zero-order valence-corrected chi connectivity index (χ0v) is 12.1. The number of rotatable bonds is 7. The van der Waals surface area contributed by atoms with Crippen molar-refractivity contribution in [2.45, 2.75) is 26.9 Å². The van der Waals surface area contributed by atoms with E-state index in [1.165, 1.54) is 0 Å². The quantitative estimate of drug-likeness (QED) is 0.801. The van der Waals surface area contributed by atoms with Crippen molar-refractivity contribution in [3.05, 3.63) is 35.4 Å². The first kappa shape index (κ1) is 16.2. The van der Waals surface area contributed by atoms with E-state index in [9.17, 15) is 9.59 Å². The highest BCUT2D eigenvalue weighted by Gasteiger charge is 2.31. The molecule has 1 rings (SSSR count). The number of carboxylic acids is 1. The number of hydrogen-bond donors (Lipinski definition) is 2. The van der Waals surface area contributed by atoms with Gasteiger partial charge in [0.05, 0.1) is 12.0 Å². The van der Waals surface area contributed by atoms with Crippen LogP contribution in [0.1, 0.15) is 36.2 Å². The summed E-state index contributed by atoms with van der Waals surface area (Å²) >= 11 is 0. The van der Waals surface area contributed by atoms with Crippen LogP contribution in [0.5, 0.6) is 0 Å². The number of carbonyl (C=O) groups excluding carboxylic acids is 1. The Bertz CT molecular complexity index is 469. The minimum Gasteiger partial charge on any atom is -0.481 e. The third-order valence-electron chi connectivity index (χ3n) is 3.46. The molecule has 110 valence electrons. The van der Waals surface area contributed by atoms with Gasteiger partial charge in [-0.25, -0.2) is 0 Å². The van der Waals surface area contributed by atoms with Gasteiger partial charge in [-0.2, -0.15) is 0 Å². The Kier molecular flexibility index (Phi) is 5.70. The molecule has 0 aliphatic carbocycles. The number of aliphatic carboxylic acids is 1. The molecule has 0 radical (unpaired) electrons. The summed E-state index contributed by atoms with van der Waals surface area (Å²) in [5.74, 6) is -1.18. The first-order valence-electron chi connectivity index (χ1n) is 6.52. The summed E-state index contributed by atoms with van der Waals surface area (Å²) in [6.45, 7) is 4.02. The van der Waals surface area contributed by atoms with Crippen molar-refractivity contribution in [3.63, 3.8) is 0 Å². The fraction of sp³-hybridized carbons (Fsp3) is 0.467. The second-order valence-electron chi connectivity index (χ2n) is 5.03. The molecule has 5 nitrogen and oxygen atoms in total. The van der Waals surface area contributed by atoms with Crippen LogP contribution in [0.15, 0.2) is 24.3 Å². The standard InChI is InChI=1S/C15H21NO4/c1-4-15(2,14(18)19)10-16-13(17)12-7-5-11(6-8-12)9-20-3/h5-8H,4,9-10H2,1-3H3,(H,16,17)(H,18,19). The predicted octanol–water partition coefficient (Wildman–Crippen LogP) is 2.06. The van der Waals surface area contributed by atoms with Gasteiger partial charge in [-0.3, -0.25) is 9.59 Å². The summed E-state index contributed by atoms with van der Waals surface area (Å²) in [5, 5.41) is 11.8. The largest absolute Gasteiger partial charge is 0.481 e. The van der Waals surface area contributed by atoms with Gasteiger partial charge in [0.15, 0.2) is 0 Å². The highest BCUT2D eigenvalue weighted by atomic mass is 16.5. The number of nitrogens with one attached hydrogen (secondary N) is 1. The monoisotopic (exact) mass is 279 g/mol. The van der Waals surface area contributed by atoms with E-state index in [4.69, 9.17) is 9.84 Å². The molecule has 1 aromatic rings. The van der Waals surface area contributed by atoms with Gasteiger partial charge in [-0.05, 0) is 31.0 Å². The lowest BCUT2D eigenvalue weighted by atomic mass is 9.87. The minimum absolute atomic E-state index is 0.109. The van der Waals surface area contributed by atoms with Crippen LogP contribution in [0, 0.1) is 5.41 Å². The smallest absolute Gasteiger partial charge is 0.311 e. The van der Waals surface area contributed by atoms with E-state index >= 15 is 0 Å². The normalized spacial score (nSPS) is 13.6. The molecule has 0 aromatic heterocycles. The zero-order chi connectivity index (χ0) is 15.2. The van der Waals surface area contributed by atoms with Gasteiger partial charge < -0.3 is 15.2 Å². The van der Waals surface area contributed by atoms with Gasteiger partial charge in [-0.1, -0.05) is 19.1 Å². The van der Waals surface area contributed by atoms with Crippen LogP contribution >= 0.6 is 0 Å². The van der Waals surface area contributed by atoms with Gasteiger partial charge in [0, 0.05) is 19.2 Å². The third-order valence-corrected chi connectivity index (χ3v) is 3.46. The highest BCUT2D eigenvalue weighted by Crippen LogP contribution is 2.20. The summed E-state index contributed by atoms with van der Waals surface area (Å²) in [7, 11) is 1.61. The summed E-state index contributed by atoms with van der Waals surface area (Å²) in [5.41, 5.74) is 0.549. The summed E-state index contributed by atoms with van der Waals surface area (Å²) in [6, 6.07) is 7.03. The van der Waals surface area contributed by atoms with Gasteiger partial charge >= 0.3 is 5.97 Å². The van der Waals surface area contributed by atoms with Crippen LogP contribution in [0.3, 0.4) is 0 Å². The molecule has 0 bridgehead atoms. The van der Waals surface area contributed by atoms with Crippen molar-refractivity contribution in [2.75, 3.05) is 13.7 Å². The van der Waals surface area contributed by atoms with E-state index in [0.29, 0.717) is 18.6 Å². The molecular weight excluding hydrogens is 258 g/mol. The molecule has 5 heteroatoms. The number of carboxylic acid groups (broad SMARTS) is 1. The minimum atomic E-state index is -0.939. The van der Waals surface area contributed by atoms with Gasteiger partial charge in [-0.15, -0.1) is 0 Å². The predicted molar refractivity (Wildman–Crippen MR) is 75.5 cm³/mol. The van der Waals surface area contributed by atoms with Crippen molar-refractivity contribution in [1.82, 2.24) is 5.32 Å². The van der Waals surface area contributed by atoms with E-state index < -0.39 is 11.4 Å². The molecule has 0 saturated carbocycles. The number of methoxy groups -OCH3 is 1. The third kappa shape index (κ3) is 4.06. The van der Waals surface area contributed by atoms with Crippen LogP contribution < -0.4 is 5.32 Å². The van der Waals surface area contributed by atoms with Crippen LogP contribution in [0.4, 0.5) is 0 Å². The Balaban J connectivity index is 2.65. The lowest BCUT2D eigenvalue weighted by molar-refractivity contribution is -0.147. The average molecular weight is 279 g/mol. The molecule has 0 spiro atoms. The number of carbonyl (C=O) groups is 2. The first-order chi connectivity index (χ1) is 9.42. The number of amides is 1. The van der Waals surface area contributed by atoms with Crippen molar-refractivity contribution in [3.8, 4) is 0 Å². The molecule has 1 amide bonds. The maximum absolute atomic E-state index is 12.0. The van der Waals surface area contributed by atoms with E-state index in [0.717, 1.165) is 5.56 Å². The van der Waals surface area contributed by atoms with Gasteiger partial charge in [0.25, 0.3) is 5.91 Å². The van der Waals surface area contributed by atoms with Gasteiger partial charge in [0.2, 0.25) is 0 Å². The van der Waals surface area contributed by atoms with E-state index in [2.05, 4.69) is 5.32 Å². The number of benzene rings is 1. The maximum Gasteiger partial charge on any atom is 0.311 e.